The molecule has 2 heteroatoms. The summed E-state index contributed by atoms with van der Waals surface area (Å²) in [4.78, 5) is 12.3. The largest absolute Gasteiger partial charge is 0.318 e. The Balaban J connectivity index is 1.62. The summed E-state index contributed by atoms with van der Waals surface area (Å²) in [6, 6.07) is 9.31. The van der Waals surface area contributed by atoms with E-state index in [-0.39, 0.29) is 5.78 Å². The fourth-order valence-corrected chi connectivity index (χ4v) is 3.86. The van der Waals surface area contributed by atoms with Crippen LogP contribution in [-0.4, -0.2) is 5.78 Å². The molecule has 2 aliphatic carbocycles. The van der Waals surface area contributed by atoms with Crippen LogP contribution in [0.4, 0.5) is 0 Å². The van der Waals surface area contributed by atoms with Gasteiger partial charge in [-0.1, -0.05) is 36.8 Å². The maximum atomic E-state index is 12.3. The number of hydrogen-bond acceptors (Lipinski definition) is 2. The summed E-state index contributed by atoms with van der Waals surface area (Å²) in [7, 11) is 0. The van der Waals surface area contributed by atoms with Crippen molar-refractivity contribution in [2.75, 3.05) is 0 Å². The van der Waals surface area contributed by atoms with Crippen molar-refractivity contribution >= 4 is 5.78 Å². The van der Waals surface area contributed by atoms with E-state index in [1.165, 1.54) is 25.7 Å². The summed E-state index contributed by atoms with van der Waals surface area (Å²) in [5.41, 5.74) is 7.01. The van der Waals surface area contributed by atoms with Gasteiger partial charge in [-0.3, -0.25) is 4.79 Å². The third-order valence-corrected chi connectivity index (χ3v) is 4.85. The van der Waals surface area contributed by atoms with Crippen molar-refractivity contribution in [1.29, 1.82) is 0 Å². The number of Topliss-reactive ketones (excluding diaryl/α,β-unsaturated/α-hetero) is 1. The lowest BCUT2D eigenvalue weighted by Gasteiger charge is -2.22. The molecule has 0 aromatic heterocycles. The molecule has 4 atom stereocenters. The van der Waals surface area contributed by atoms with Crippen molar-refractivity contribution in [3.63, 3.8) is 0 Å². The maximum absolute atomic E-state index is 12.3. The van der Waals surface area contributed by atoms with Crippen LogP contribution in [0.2, 0.25) is 0 Å². The number of hydrogen-bond donors (Lipinski definition) is 1. The minimum absolute atomic E-state index is 0.221. The topological polar surface area (TPSA) is 43.1 Å². The number of carbonyl (C=O) groups is 1. The second-order valence-electron chi connectivity index (χ2n) is 5.99. The molecule has 2 aliphatic rings. The molecular weight excluding hydrogens is 222 g/mol. The van der Waals surface area contributed by atoms with Gasteiger partial charge < -0.3 is 5.73 Å². The van der Waals surface area contributed by atoms with Crippen LogP contribution >= 0.6 is 0 Å². The van der Waals surface area contributed by atoms with E-state index in [4.69, 9.17) is 5.73 Å². The van der Waals surface area contributed by atoms with Gasteiger partial charge in [0.15, 0.2) is 5.78 Å². The van der Waals surface area contributed by atoms with Crippen molar-refractivity contribution in [3.8, 4) is 0 Å². The zero-order valence-corrected chi connectivity index (χ0v) is 10.7. The van der Waals surface area contributed by atoms with Crippen LogP contribution < -0.4 is 5.73 Å². The fourth-order valence-electron chi connectivity index (χ4n) is 3.86. The Labute approximate surface area is 109 Å². The van der Waals surface area contributed by atoms with Gasteiger partial charge in [0, 0.05) is 6.42 Å². The molecule has 3 rings (SSSR count). The molecule has 1 aromatic rings. The van der Waals surface area contributed by atoms with E-state index in [9.17, 15) is 4.79 Å². The van der Waals surface area contributed by atoms with Crippen LogP contribution in [0, 0.1) is 17.8 Å². The molecule has 96 valence electrons. The third-order valence-electron chi connectivity index (χ3n) is 4.85. The monoisotopic (exact) mass is 243 g/mol. The van der Waals surface area contributed by atoms with E-state index < -0.39 is 6.04 Å². The van der Waals surface area contributed by atoms with Gasteiger partial charge in [-0.25, -0.2) is 0 Å². The molecule has 0 radical (unpaired) electrons. The van der Waals surface area contributed by atoms with Crippen molar-refractivity contribution in [2.45, 2.75) is 38.1 Å². The molecule has 1 aromatic carbocycles. The Morgan fingerprint density at radius 2 is 2.00 bits per heavy atom. The lowest BCUT2D eigenvalue weighted by Crippen LogP contribution is -2.25. The Morgan fingerprint density at radius 3 is 2.61 bits per heavy atom. The summed E-state index contributed by atoms with van der Waals surface area (Å²) < 4.78 is 0. The highest BCUT2D eigenvalue weighted by Gasteiger charge is 2.40. The molecular formula is C16H21NO. The quantitative estimate of drug-likeness (QED) is 0.883. The standard InChI is InChI=1S/C16H21NO/c17-16(12-4-2-1-3-5-12)15(18)10-14-9-11-6-7-13(14)8-11/h1-5,11,13-14,16H,6-10,17H2/t11?,13?,14?,16-/m1/s1. The minimum atomic E-state index is -0.426. The predicted octanol–water partition coefficient (Wildman–Crippen LogP) is 3.08. The van der Waals surface area contributed by atoms with Crippen molar-refractivity contribution < 1.29 is 4.79 Å². The Hall–Kier alpha value is -1.15. The smallest absolute Gasteiger partial charge is 0.154 e. The van der Waals surface area contributed by atoms with E-state index in [0.717, 1.165) is 17.4 Å². The second-order valence-corrected chi connectivity index (χ2v) is 5.99. The Kier molecular flexibility index (Phi) is 3.21. The molecule has 2 saturated carbocycles. The molecule has 2 nitrogen and oxygen atoms in total. The van der Waals surface area contributed by atoms with Crippen LogP contribution in [0.3, 0.4) is 0 Å². The predicted molar refractivity (Wildman–Crippen MR) is 71.9 cm³/mol. The van der Waals surface area contributed by atoms with Gasteiger partial charge in [0.2, 0.25) is 0 Å². The highest BCUT2D eigenvalue weighted by molar-refractivity contribution is 5.85. The number of rotatable bonds is 4. The van der Waals surface area contributed by atoms with Gasteiger partial charge in [0.25, 0.3) is 0 Å². The lowest BCUT2D eigenvalue weighted by atomic mass is 9.83. The fraction of sp³-hybridized carbons (Fsp3) is 0.562. The van der Waals surface area contributed by atoms with E-state index in [1.54, 1.807) is 0 Å². The molecule has 0 aliphatic heterocycles. The van der Waals surface area contributed by atoms with Crippen LogP contribution in [0.25, 0.3) is 0 Å². The van der Waals surface area contributed by atoms with Gasteiger partial charge in [0.05, 0.1) is 6.04 Å². The van der Waals surface area contributed by atoms with Gasteiger partial charge >= 0.3 is 0 Å². The molecule has 3 unspecified atom stereocenters. The van der Waals surface area contributed by atoms with Crippen LogP contribution in [-0.2, 0) is 4.79 Å². The van der Waals surface area contributed by atoms with Crippen molar-refractivity contribution in [2.24, 2.45) is 23.5 Å². The van der Waals surface area contributed by atoms with Crippen molar-refractivity contribution in [3.05, 3.63) is 35.9 Å². The van der Waals surface area contributed by atoms with E-state index in [1.807, 2.05) is 30.3 Å². The minimum Gasteiger partial charge on any atom is -0.318 e. The van der Waals surface area contributed by atoms with E-state index in [2.05, 4.69) is 0 Å². The summed E-state index contributed by atoms with van der Waals surface area (Å²) in [6.07, 6.45) is 6.04. The lowest BCUT2D eigenvalue weighted by molar-refractivity contribution is -0.121. The summed E-state index contributed by atoms with van der Waals surface area (Å²) in [6.45, 7) is 0. The number of nitrogens with two attached hydrogens (primary N) is 1. The summed E-state index contributed by atoms with van der Waals surface area (Å²) in [5, 5.41) is 0. The molecule has 2 N–H and O–H groups in total. The Morgan fingerprint density at radius 1 is 1.22 bits per heavy atom. The average Bonchev–Trinajstić information content (AvgIpc) is 3.01. The van der Waals surface area contributed by atoms with Gasteiger partial charge in [0.1, 0.15) is 0 Å². The maximum Gasteiger partial charge on any atom is 0.154 e. The normalized spacial score (nSPS) is 31.5. The number of ketones is 1. The average molecular weight is 243 g/mol. The zero-order chi connectivity index (χ0) is 12.5. The first kappa shape index (κ1) is 11.9. The molecule has 0 amide bonds. The van der Waals surface area contributed by atoms with Crippen LogP contribution in [0.1, 0.15) is 43.7 Å². The molecule has 2 fully saturated rings. The molecule has 18 heavy (non-hydrogen) atoms. The molecule has 0 heterocycles. The first-order chi connectivity index (χ1) is 8.74. The highest BCUT2D eigenvalue weighted by Crippen LogP contribution is 2.49. The first-order valence-electron chi connectivity index (χ1n) is 7.07. The molecule has 0 saturated heterocycles. The summed E-state index contributed by atoms with van der Waals surface area (Å²) >= 11 is 0. The summed E-state index contributed by atoms with van der Waals surface area (Å²) in [5.74, 6) is 2.55. The number of fused-ring (bicyclic) bond motifs is 2. The molecule has 2 bridgehead atoms. The van der Waals surface area contributed by atoms with E-state index >= 15 is 0 Å². The zero-order valence-electron chi connectivity index (χ0n) is 10.7. The SMILES string of the molecule is N[C@@H](C(=O)CC1CC2CCC1C2)c1ccccc1. The van der Waals surface area contributed by atoms with Gasteiger partial charge in [-0.2, -0.15) is 0 Å². The first-order valence-corrected chi connectivity index (χ1v) is 7.07. The third kappa shape index (κ3) is 2.22. The van der Waals surface area contributed by atoms with Crippen molar-refractivity contribution in [1.82, 2.24) is 0 Å². The molecule has 0 spiro atoms. The van der Waals surface area contributed by atoms with Gasteiger partial charge in [-0.05, 0) is 42.6 Å². The van der Waals surface area contributed by atoms with E-state index in [0.29, 0.717) is 12.3 Å². The number of carbonyl (C=O) groups excluding carboxylic acids is 1. The highest BCUT2D eigenvalue weighted by atomic mass is 16.1. The van der Waals surface area contributed by atoms with Crippen LogP contribution in [0.5, 0.6) is 0 Å². The van der Waals surface area contributed by atoms with Crippen LogP contribution in [0.15, 0.2) is 30.3 Å². The van der Waals surface area contributed by atoms with Gasteiger partial charge in [-0.15, -0.1) is 0 Å². The number of benzene rings is 1. The Bertz CT molecular complexity index is 428. The second kappa shape index (κ2) is 4.85.